The molecule has 1 unspecified atom stereocenters. The minimum atomic E-state index is -0.674. The van der Waals surface area contributed by atoms with Gasteiger partial charge in [-0.1, -0.05) is 45.9 Å². The van der Waals surface area contributed by atoms with Gasteiger partial charge in [0.15, 0.2) is 0 Å². The quantitative estimate of drug-likeness (QED) is 0.801. The average Bonchev–Trinajstić information content (AvgIpc) is 3.19. The molecule has 0 radical (unpaired) electrons. The summed E-state index contributed by atoms with van der Waals surface area (Å²) in [5.41, 5.74) is 3.93. The maximum absolute atomic E-state index is 11.2. The van der Waals surface area contributed by atoms with Crippen LogP contribution in [0.2, 0.25) is 0 Å². The van der Waals surface area contributed by atoms with Crippen LogP contribution in [0.4, 0.5) is 0 Å². The molecule has 1 aliphatic rings. The van der Waals surface area contributed by atoms with E-state index in [0.717, 1.165) is 0 Å². The van der Waals surface area contributed by atoms with E-state index in [1.165, 1.54) is 29.5 Å². The van der Waals surface area contributed by atoms with Crippen molar-refractivity contribution in [3.63, 3.8) is 0 Å². The number of hydrogen-bond donors (Lipinski definition) is 1. The molecule has 0 aromatic heterocycles. The molecule has 0 spiro atoms. The Hall–Kier alpha value is -1.31. The Morgan fingerprint density at radius 2 is 1.80 bits per heavy atom. The van der Waals surface area contributed by atoms with Crippen LogP contribution in [-0.4, -0.2) is 11.1 Å². The van der Waals surface area contributed by atoms with E-state index in [1.54, 1.807) is 0 Å². The summed E-state index contributed by atoms with van der Waals surface area (Å²) < 4.78 is 0. The van der Waals surface area contributed by atoms with Crippen molar-refractivity contribution >= 4 is 5.97 Å². The van der Waals surface area contributed by atoms with Crippen LogP contribution in [0.1, 0.15) is 81.4 Å². The van der Waals surface area contributed by atoms with E-state index in [-0.39, 0.29) is 12.3 Å². The third kappa shape index (κ3) is 3.41. The van der Waals surface area contributed by atoms with E-state index >= 15 is 0 Å². The predicted octanol–water partition coefficient (Wildman–Crippen LogP) is 4.90. The monoisotopic (exact) mass is 274 g/mol. The molecule has 20 heavy (non-hydrogen) atoms. The largest absolute Gasteiger partial charge is 0.481 e. The molecule has 2 nitrogen and oxygen atoms in total. The maximum Gasteiger partial charge on any atom is 0.303 e. The van der Waals surface area contributed by atoms with E-state index in [2.05, 4.69) is 45.9 Å². The van der Waals surface area contributed by atoms with Crippen molar-refractivity contribution in [2.45, 2.75) is 64.7 Å². The van der Waals surface area contributed by atoms with Gasteiger partial charge in [0.05, 0.1) is 6.42 Å². The summed E-state index contributed by atoms with van der Waals surface area (Å²) in [5.74, 6) is 1.03. The third-order valence-corrected chi connectivity index (χ3v) is 4.38. The molecule has 1 fully saturated rings. The number of rotatable bonds is 6. The Morgan fingerprint density at radius 3 is 2.25 bits per heavy atom. The minimum absolute atomic E-state index is 0.198. The Balaban J connectivity index is 2.43. The fourth-order valence-electron chi connectivity index (χ4n) is 3.02. The lowest BCUT2D eigenvalue weighted by molar-refractivity contribution is -0.137. The molecule has 0 heterocycles. The molecule has 2 rings (SSSR count). The standard InChI is InChI=1S/C18H26O2/c1-11(2)14-7-8-15(12(3)4)17(9-14)16(10-18(19)20)13-5-6-13/h7-9,11-13,16H,5-6,10H2,1-4H3,(H,19,20). The second-order valence-electron chi connectivity index (χ2n) is 6.74. The van der Waals surface area contributed by atoms with Crippen LogP contribution in [0.15, 0.2) is 18.2 Å². The SMILES string of the molecule is CC(C)c1ccc(C(C)C)c(C(CC(=O)O)C2CC2)c1. The Bertz CT molecular complexity index is 484. The molecular weight excluding hydrogens is 248 g/mol. The van der Waals surface area contributed by atoms with Crippen molar-refractivity contribution in [3.8, 4) is 0 Å². The lowest BCUT2D eigenvalue weighted by atomic mass is 9.82. The minimum Gasteiger partial charge on any atom is -0.481 e. The fourth-order valence-corrected chi connectivity index (χ4v) is 3.02. The highest BCUT2D eigenvalue weighted by atomic mass is 16.4. The van der Waals surface area contributed by atoms with Crippen LogP contribution in [0.3, 0.4) is 0 Å². The average molecular weight is 274 g/mol. The van der Waals surface area contributed by atoms with Gasteiger partial charge in [-0.05, 0) is 53.2 Å². The molecule has 1 atom stereocenters. The molecule has 110 valence electrons. The zero-order chi connectivity index (χ0) is 14.9. The number of carboxylic acids is 1. The molecule has 1 saturated carbocycles. The van der Waals surface area contributed by atoms with Crippen LogP contribution in [0.5, 0.6) is 0 Å². The van der Waals surface area contributed by atoms with Crippen molar-refractivity contribution in [3.05, 3.63) is 34.9 Å². The second kappa shape index (κ2) is 5.99. The number of carbonyl (C=O) groups is 1. The van der Waals surface area contributed by atoms with Crippen molar-refractivity contribution < 1.29 is 9.90 Å². The van der Waals surface area contributed by atoms with Crippen LogP contribution >= 0.6 is 0 Å². The summed E-state index contributed by atoms with van der Waals surface area (Å²) in [7, 11) is 0. The molecule has 0 amide bonds. The molecular formula is C18H26O2. The topological polar surface area (TPSA) is 37.3 Å². The number of carboxylic acid groups (broad SMARTS) is 1. The summed E-state index contributed by atoms with van der Waals surface area (Å²) in [6.07, 6.45) is 2.63. The van der Waals surface area contributed by atoms with Gasteiger partial charge in [0.2, 0.25) is 0 Å². The molecule has 0 aliphatic heterocycles. The zero-order valence-corrected chi connectivity index (χ0v) is 13.0. The summed E-state index contributed by atoms with van der Waals surface area (Å²) in [4.78, 5) is 11.2. The van der Waals surface area contributed by atoms with Crippen LogP contribution in [-0.2, 0) is 4.79 Å². The van der Waals surface area contributed by atoms with Gasteiger partial charge >= 0.3 is 5.97 Å². The Morgan fingerprint density at radius 1 is 1.15 bits per heavy atom. The van der Waals surface area contributed by atoms with E-state index in [0.29, 0.717) is 17.8 Å². The molecule has 2 heteroatoms. The summed E-state index contributed by atoms with van der Waals surface area (Å²) in [6, 6.07) is 6.69. The van der Waals surface area contributed by atoms with Gasteiger partial charge in [-0.2, -0.15) is 0 Å². The van der Waals surface area contributed by atoms with E-state index in [9.17, 15) is 9.90 Å². The molecule has 1 aromatic rings. The van der Waals surface area contributed by atoms with Gasteiger partial charge in [-0.3, -0.25) is 4.79 Å². The number of aliphatic carboxylic acids is 1. The normalized spacial score (nSPS) is 16.7. The summed E-state index contributed by atoms with van der Waals surface area (Å²) in [5, 5.41) is 9.23. The first kappa shape index (κ1) is 15.1. The fraction of sp³-hybridized carbons (Fsp3) is 0.611. The number of benzene rings is 1. The van der Waals surface area contributed by atoms with Crippen LogP contribution < -0.4 is 0 Å². The maximum atomic E-state index is 11.2. The van der Waals surface area contributed by atoms with E-state index in [1.807, 2.05) is 0 Å². The number of hydrogen-bond acceptors (Lipinski definition) is 1. The summed E-state index contributed by atoms with van der Waals surface area (Å²) >= 11 is 0. The van der Waals surface area contributed by atoms with Gasteiger partial charge < -0.3 is 5.11 Å². The van der Waals surface area contributed by atoms with E-state index < -0.39 is 5.97 Å². The molecule has 0 bridgehead atoms. The smallest absolute Gasteiger partial charge is 0.303 e. The highest BCUT2D eigenvalue weighted by Gasteiger charge is 2.35. The highest BCUT2D eigenvalue weighted by Crippen LogP contribution is 2.46. The second-order valence-corrected chi connectivity index (χ2v) is 6.74. The van der Waals surface area contributed by atoms with Crippen LogP contribution in [0.25, 0.3) is 0 Å². The van der Waals surface area contributed by atoms with Crippen LogP contribution in [0, 0.1) is 5.92 Å². The lowest BCUT2D eigenvalue weighted by Gasteiger charge is -2.23. The predicted molar refractivity (Wildman–Crippen MR) is 82.3 cm³/mol. The third-order valence-electron chi connectivity index (χ3n) is 4.38. The first-order valence-corrected chi connectivity index (χ1v) is 7.75. The molecule has 1 N–H and O–H groups in total. The van der Waals surface area contributed by atoms with Gasteiger partial charge in [0, 0.05) is 0 Å². The molecule has 1 aliphatic carbocycles. The highest BCUT2D eigenvalue weighted by molar-refractivity contribution is 5.68. The Labute approximate surface area is 122 Å². The van der Waals surface area contributed by atoms with Gasteiger partial charge in [0.25, 0.3) is 0 Å². The first-order chi connectivity index (χ1) is 9.40. The van der Waals surface area contributed by atoms with Crippen molar-refractivity contribution in [2.75, 3.05) is 0 Å². The van der Waals surface area contributed by atoms with Gasteiger partial charge in [-0.15, -0.1) is 0 Å². The van der Waals surface area contributed by atoms with E-state index in [4.69, 9.17) is 0 Å². The Kier molecular flexibility index (Phi) is 4.52. The lowest BCUT2D eigenvalue weighted by Crippen LogP contribution is -2.12. The van der Waals surface area contributed by atoms with Crippen molar-refractivity contribution in [2.24, 2.45) is 5.92 Å². The van der Waals surface area contributed by atoms with Crippen molar-refractivity contribution in [1.82, 2.24) is 0 Å². The van der Waals surface area contributed by atoms with Gasteiger partial charge in [-0.25, -0.2) is 0 Å². The zero-order valence-electron chi connectivity index (χ0n) is 13.0. The molecule has 1 aromatic carbocycles. The van der Waals surface area contributed by atoms with Gasteiger partial charge in [0.1, 0.15) is 0 Å². The molecule has 0 saturated heterocycles. The first-order valence-electron chi connectivity index (χ1n) is 7.75. The summed E-state index contributed by atoms with van der Waals surface area (Å²) in [6.45, 7) is 8.77. The van der Waals surface area contributed by atoms with Crippen molar-refractivity contribution in [1.29, 1.82) is 0 Å².